The highest BCUT2D eigenvalue weighted by Crippen LogP contribution is 2.35. The van der Waals surface area contributed by atoms with E-state index in [-0.39, 0.29) is 38.6 Å². The molecule has 2 heterocycles. The second-order valence-corrected chi connectivity index (χ2v) is 15.8. The predicted octanol–water partition coefficient (Wildman–Crippen LogP) is 8.06. The Labute approximate surface area is 330 Å². The van der Waals surface area contributed by atoms with Crippen LogP contribution in [0.1, 0.15) is 63.3 Å². The minimum atomic E-state index is -1.06. The van der Waals surface area contributed by atoms with E-state index in [0.717, 1.165) is 22.3 Å². The summed E-state index contributed by atoms with van der Waals surface area (Å²) in [6, 6.07) is 38.7. The molecular formula is C46H55NO9. The highest BCUT2D eigenvalue weighted by Gasteiger charge is 2.52. The Morgan fingerprint density at radius 1 is 0.643 bits per heavy atom. The van der Waals surface area contributed by atoms with Gasteiger partial charge in [0.1, 0.15) is 41.8 Å². The van der Waals surface area contributed by atoms with Crippen molar-refractivity contribution in [2.24, 2.45) is 0 Å². The van der Waals surface area contributed by atoms with Crippen LogP contribution in [-0.4, -0.2) is 77.9 Å². The molecule has 10 heteroatoms. The van der Waals surface area contributed by atoms with Gasteiger partial charge < -0.3 is 33.2 Å². The number of carbonyl (C=O) groups is 2. The van der Waals surface area contributed by atoms with Crippen molar-refractivity contribution in [3.05, 3.63) is 144 Å². The number of ether oxygens (including phenoxy) is 7. The summed E-state index contributed by atoms with van der Waals surface area (Å²) in [5, 5.41) is 0. The molecule has 0 N–H and O–H groups in total. The molecule has 0 radical (unpaired) electrons. The summed E-state index contributed by atoms with van der Waals surface area (Å²) in [5.74, 6) is -0.242. The first-order valence-electron chi connectivity index (χ1n) is 19.4. The number of nitrogens with zero attached hydrogens (tertiary/aromatic N) is 1. The second-order valence-electron chi connectivity index (χ2n) is 15.8. The van der Waals surface area contributed by atoms with Crippen LogP contribution in [0, 0.1) is 0 Å². The molecule has 6 atom stereocenters. The molecule has 1 amide bonds. The second kappa shape index (κ2) is 19.1. The van der Waals surface area contributed by atoms with Gasteiger partial charge in [-0.1, -0.05) is 121 Å². The molecule has 0 bridgehead atoms. The van der Waals surface area contributed by atoms with E-state index in [2.05, 4.69) is 0 Å². The van der Waals surface area contributed by atoms with Crippen molar-refractivity contribution in [3.8, 4) is 0 Å². The lowest BCUT2D eigenvalue weighted by molar-refractivity contribution is -0.272. The summed E-state index contributed by atoms with van der Waals surface area (Å²) >= 11 is 0. The van der Waals surface area contributed by atoms with Crippen LogP contribution in [0.25, 0.3) is 0 Å². The molecule has 2 aliphatic heterocycles. The average Bonchev–Trinajstić information content (AvgIpc) is 3.52. The summed E-state index contributed by atoms with van der Waals surface area (Å²) < 4.78 is 45.4. The molecular weight excluding hydrogens is 711 g/mol. The summed E-state index contributed by atoms with van der Waals surface area (Å²) in [6.07, 6.45) is -4.22. The molecule has 10 nitrogen and oxygen atoms in total. The lowest BCUT2D eigenvalue weighted by Gasteiger charge is -2.46. The Balaban J connectivity index is 1.33. The Morgan fingerprint density at radius 3 is 1.54 bits per heavy atom. The van der Waals surface area contributed by atoms with Crippen LogP contribution < -0.4 is 0 Å². The first-order chi connectivity index (χ1) is 27.0. The normalized spacial score (nSPS) is 23.5. The number of hydrogen-bond acceptors (Lipinski definition) is 9. The molecule has 0 unspecified atom stereocenters. The lowest BCUT2D eigenvalue weighted by Crippen LogP contribution is -2.62. The molecule has 2 fully saturated rings. The number of carbonyl (C=O) groups excluding carboxylic acids is 2. The van der Waals surface area contributed by atoms with Gasteiger partial charge in [0.05, 0.1) is 45.7 Å². The third-order valence-corrected chi connectivity index (χ3v) is 9.83. The number of Topliss-reactive ketones (excluding diaryl/α,β-unsaturated/α-hetero) is 1. The maximum Gasteiger partial charge on any atom is 0.413 e. The van der Waals surface area contributed by atoms with E-state index < -0.39 is 54.0 Å². The van der Waals surface area contributed by atoms with Crippen molar-refractivity contribution < 1.29 is 42.7 Å². The number of ketones is 1. The van der Waals surface area contributed by atoms with Gasteiger partial charge in [0.2, 0.25) is 0 Å². The molecule has 56 heavy (non-hydrogen) atoms. The standard InChI is InChI=1S/C46H55NO9/c1-45(2,3)56-44(49)47-37(31-54-46(47,4)5)38(48)26-39-41(51-28-34-20-12-7-13-21-34)43(53-30-36-24-16-9-17-25-36)42(52-29-35-22-14-8-15-23-35)40(55-39)32-50-27-33-18-10-6-11-19-33/h6-25,37,39-43H,26-32H2,1-5H3/t37-,39-,40-,41+,42+,43-/m1/s1. The Morgan fingerprint density at radius 2 is 1.07 bits per heavy atom. The van der Waals surface area contributed by atoms with Crippen LogP contribution in [0.2, 0.25) is 0 Å². The molecule has 2 saturated heterocycles. The third-order valence-electron chi connectivity index (χ3n) is 9.83. The van der Waals surface area contributed by atoms with Gasteiger partial charge in [0.15, 0.2) is 5.78 Å². The topological polar surface area (TPSA) is 102 Å². The van der Waals surface area contributed by atoms with E-state index >= 15 is 0 Å². The third kappa shape index (κ3) is 11.3. The largest absolute Gasteiger partial charge is 0.444 e. The van der Waals surface area contributed by atoms with Crippen LogP contribution in [0.4, 0.5) is 4.79 Å². The predicted molar refractivity (Wildman–Crippen MR) is 211 cm³/mol. The van der Waals surface area contributed by atoms with E-state index in [0.29, 0.717) is 13.2 Å². The van der Waals surface area contributed by atoms with Gasteiger partial charge in [-0.3, -0.25) is 9.69 Å². The quantitative estimate of drug-likeness (QED) is 0.112. The zero-order valence-electron chi connectivity index (χ0n) is 33.1. The van der Waals surface area contributed by atoms with Gasteiger partial charge in [-0.15, -0.1) is 0 Å². The summed E-state index contributed by atoms with van der Waals surface area (Å²) in [7, 11) is 0. The number of amides is 1. The van der Waals surface area contributed by atoms with E-state index in [1.165, 1.54) is 4.90 Å². The molecule has 0 aromatic heterocycles. The zero-order chi connectivity index (χ0) is 39.5. The van der Waals surface area contributed by atoms with Gasteiger partial charge in [-0.2, -0.15) is 0 Å². The SMILES string of the molecule is CC(C)(C)OC(=O)N1[C@@H](C(=O)C[C@H]2O[C@H](COCc3ccccc3)[C@H](OCc3ccccc3)[C@H](OCc3ccccc3)[C@H]2OCc2ccccc2)COC1(C)C. The van der Waals surface area contributed by atoms with Gasteiger partial charge in [-0.05, 0) is 56.9 Å². The minimum absolute atomic E-state index is 0.0215. The lowest BCUT2D eigenvalue weighted by atomic mass is 9.90. The minimum Gasteiger partial charge on any atom is -0.444 e. The van der Waals surface area contributed by atoms with Gasteiger partial charge in [0.25, 0.3) is 0 Å². The highest BCUT2D eigenvalue weighted by atomic mass is 16.6. The first kappa shape index (κ1) is 41.2. The van der Waals surface area contributed by atoms with Gasteiger partial charge in [-0.25, -0.2) is 4.79 Å². The summed E-state index contributed by atoms with van der Waals surface area (Å²) in [5.41, 5.74) is 2.11. The fourth-order valence-electron chi connectivity index (χ4n) is 7.08. The van der Waals surface area contributed by atoms with Gasteiger partial charge in [0, 0.05) is 6.42 Å². The van der Waals surface area contributed by atoms with E-state index in [4.69, 9.17) is 33.2 Å². The van der Waals surface area contributed by atoms with Crippen LogP contribution in [0.15, 0.2) is 121 Å². The van der Waals surface area contributed by atoms with E-state index in [1.807, 2.05) is 121 Å². The summed E-state index contributed by atoms with van der Waals surface area (Å²) in [4.78, 5) is 29.5. The van der Waals surface area contributed by atoms with Crippen molar-refractivity contribution in [2.75, 3.05) is 13.2 Å². The highest BCUT2D eigenvalue weighted by molar-refractivity contribution is 5.89. The molecule has 0 saturated carbocycles. The molecule has 4 aromatic carbocycles. The van der Waals surface area contributed by atoms with Crippen molar-refractivity contribution in [1.29, 1.82) is 0 Å². The van der Waals surface area contributed by atoms with E-state index in [9.17, 15) is 9.59 Å². The van der Waals surface area contributed by atoms with Crippen molar-refractivity contribution >= 4 is 11.9 Å². The molecule has 6 rings (SSSR count). The average molecular weight is 766 g/mol. The van der Waals surface area contributed by atoms with Gasteiger partial charge >= 0.3 is 6.09 Å². The zero-order valence-corrected chi connectivity index (χ0v) is 33.1. The van der Waals surface area contributed by atoms with Crippen molar-refractivity contribution in [3.63, 3.8) is 0 Å². The molecule has 4 aromatic rings. The maximum atomic E-state index is 14.5. The van der Waals surface area contributed by atoms with Crippen molar-refractivity contribution in [1.82, 2.24) is 4.90 Å². The molecule has 0 aliphatic carbocycles. The van der Waals surface area contributed by atoms with Crippen LogP contribution in [-0.2, 0) is 64.4 Å². The van der Waals surface area contributed by atoms with Crippen LogP contribution >= 0.6 is 0 Å². The molecule has 2 aliphatic rings. The number of hydrogen-bond donors (Lipinski definition) is 0. The molecule has 298 valence electrons. The number of rotatable bonds is 16. The maximum absolute atomic E-state index is 14.5. The van der Waals surface area contributed by atoms with Crippen LogP contribution in [0.5, 0.6) is 0 Å². The fourth-order valence-corrected chi connectivity index (χ4v) is 7.08. The first-order valence-corrected chi connectivity index (χ1v) is 19.4. The van der Waals surface area contributed by atoms with E-state index in [1.54, 1.807) is 34.6 Å². The smallest absolute Gasteiger partial charge is 0.413 e. The monoisotopic (exact) mass is 765 g/mol. The van der Waals surface area contributed by atoms with Crippen LogP contribution in [0.3, 0.4) is 0 Å². The fraction of sp³-hybridized carbons (Fsp3) is 0.435. The summed E-state index contributed by atoms with van der Waals surface area (Å²) in [6.45, 7) is 10.3. The van der Waals surface area contributed by atoms with Crippen molar-refractivity contribution in [2.45, 2.75) is 115 Å². The molecule has 0 spiro atoms. The Kier molecular flexibility index (Phi) is 14.1. The Bertz CT molecular complexity index is 1800. The number of benzene rings is 4. The Hall–Kier alpha value is -4.42.